The average Bonchev–Trinajstić information content (AvgIpc) is 2.74. The Morgan fingerprint density at radius 3 is 2.14 bits per heavy atom. The van der Waals surface area contributed by atoms with E-state index in [0.717, 1.165) is 24.0 Å². The van der Waals surface area contributed by atoms with Crippen LogP contribution in [-0.2, 0) is 11.2 Å². The zero-order chi connectivity index (χ0) is 20.7. The molecule has 0 spiro atoms. The van der Waals surface area contributed by atoms with E-state index in [1.165, 1.54) is 50.5 Å². The van der Waals surface area contributed by atoms with E-state index in [4.69, 9.17) is 4.74 Å². The molecule has 0 saturated heterocycles. The first-order valence-electron chi connectivity index (χ1n) is 11.4. The zero-order valence-electron chi connectivity index (χ0n) is 18.3. The summed E-state index contributed by atoms with van der Waals surface area (Å²) < 4.78 is 5.85. The molecular weight excluding hydrogens is 356 g/mol. The highest BCUT2D eigenvalue weighted by Crippen LogP contribution is 2.22. The minimum Gasteiger partial charge on any atom is -0.465 e. The van der Waals surface area contributed by atoms with Crippen molar-refractivity contribution < 1.29 is 9.84 Å². The topological polar surface area (TPSA) is 29.5 Å². The fourth-order valence-electron chi connectivity index (χ4n) is 3.46. The first kappa shape index (κ1) is 23.2. The number of hydrogen-bond acceptors (Lipinski definition) is 2. The lowest BCUT2D eigenvalue weighted by Gasteiger charge is -2.16. The maximum atomic E-state index is 10.1. The molecule has 1 N–H and O–H groups in total. The van der Waals surface area contributed by atoms with Crippen molar-refractivity contribution in [2.45, 2.75) is 84.3 Å². The predicted octanol–water partition coefficient (Wildman–Crippen LogP) is 7.61. The average molecular weight is 395 g/mol. The second-order valence-electron chi connectivity index (χ2n) is 7.85. The van der Waals surface area contributed by atoms with Gasteiger partial charge in [-0.1, -0.05) is 113 Å². The van der Waals surface area contributed by atoms with Gasteiger partial charge in [0.15, 0.2) is 6.29 Å². The summed E-state index contributed by atoms with van der Waals surface area (Å²) in [6.07, 6.45) is 13.3. The van der Waals surface area contributed by atoms with Gasteiger partial charge in [-0.25, -0.2) is 0 Å². The van der Waals surface area contributed by atoms with Gasteiger partial charge < -0.3 is 9.84 Å². The Balaban J connectivity index is 1.93. The Bertz CT molecular complexity index is 688. The van der Waals surface area contributed by atoms with E-state index in [-0.39, 0.29) is 0 Å². The Morgan fingerprint density at radius 1 is 0.828 bits per heavy atom. The van der Waals surface area contributed by atoms with Crippen molar-refractivity contribution in [3.8, 4) is 0 Å². The summed E-state index contributed by atoms with van der Waals surface area (Å²) in [6.45, 7) is 4.31. The summed E-state index contributed by atoms with van der Waals surface area (Å²) in [4.78, 5) is 0. The highest BCUT2D eigenvalue weighted by atomic mass is 16.6. The third-order valence-corrected chi connectivity index (χ3v) is 5.20. The van der Waals surface area contributed by atoms with Gasteiger partial charge in [-0.05, 0) is 30.0 Å². The van der Waals surface area contributed by atoms with Crippen LogP contribution in [-0.4, -0.2) is 11.4 Å². The summed E-state index contributed by atoms with van der Waals surface area (Å²) in [6, 6.07) is 18.7. The molecule has 0 radical (unpaired) electrons. The van der Waals surface area contributed by atoms with Crippen LogP contribution in [0.3, 0.4) is 0 Å². The van der Waals surface area contributed by atoms with Gasteiger partial charge in [-0.15, -0.1) is 0 Å². The minimum atomic E-state index is -0.775. The van der Waals surface area contributed by atoms with Crippen molar-refractivity contribution in [1.82, 2.24) is 0 Å². The van der Waals surface area contributed by atoms with Crippen LogP contribution < -0.4 is 0 Å². The second-order valence-corrected chi connectivity index (χ2v) is 7.85. The van der Waals surface area contributed by atoms with Crippen LogP contribution in [0.15, 0.2) is 54.6 Å². The van der Waals surface area contributed by atoms with E-state index in [1.54, 1.807) is 0 Å². The molecule has 0 bridgehead atoms. The van der Waals surface area contributed by atoms with Crippen molar-refractivity contribution in [3.63, 3.8) is 0 Å². The highest BCUT2D eigenvalue weighted by Gasteiger charge is 2.09. The molecule has 0 heterocycles. The van der Waals surface area contributed by atoms with E-state index in [9.17, 15) is 5.11 Å². The maximum Gasteiger partial charge on any atom is 0.197 e. The molecule has 2 nitrogen and oxygen atoms in total. The van der Waals surface area contributed by atoms with Crippen molar-refractivity contribution >= 4 is 11.8 Å². The van der Waals surface area contributed by atoms with Crippen LogP contribution in [0.4, 0.5) is 0 Å². The van der Waals surface area contributed by atoms with Crippen molar-refractivity contribution in [1.29, 1.82) is 0 Å². The smallest absolute Gasteiger partial charge is 0.197 e. The monoisotopic (exact) mass is 394 g/mol. The SMILES string of the molecule is CCCCCCCCCc1ccc(/C=C(\OC(O)CCC)c2ccccc2)cc1. The predicted molar refractivity (Wildman–Crippen MR) is 124 cm³/mol. The molecule has 1 atom stereocenters. The summed E-state index contributed by atoms with van der Waals surface area (Å²) in [5, 5.41) is 10.1. The zero-order valence-corrected chi connectivity index (χ0v) is 18.3. The van der Waals surface area contributed by atoms with Crippen molar-refractivity contribution in [2.75, 3.05) is 0 Å². The second kappa shape index (κ2) is 14.0. The molecule has 2 aromatic rings. The van der Waals surface area contributed by atoms with E-state index in [0.29, 0.717) is 12.2 Å². The third-order valence-electron chi connectivity index (χ3n) is 5.20. The Kier molecular flexibility index (Phi) is 11.2. The quantitative estimate of drug-likeness (QED) is 0.155. The largest absolute Gasteiger partial charge is 0.465 e. The number of ether oxygens (including phenoxy) is 1. The molecule has 0 amide bonds. The van der Waals surface area contributed by atoms with Gasteiger partial charge in [-0.2, -0.15) is 0 Å². The summed E-state index contributed by atoms with van der Waals surface area (Å²) >= 11 is 0. The van der Waals surface area contributed by atoms with E-state index >= 15 is 0 Å². The number of benzene rings is 2. The van der Waals surface area contributed by atoms with Gasteiger partial charge in [0.1, 0.15) is 5.76 Å². The van der Waals surface area contributed by atoms with Gasteiger partial charge in [0.2, 0.25) is 0 Å². The molecule has 0 saturated carbocycles. The molecule has 0 aromatic heterocycles. The normalized spacial score (nSPS) is 12.7. The molecule has 2 heteroatoms. The summed E-state index contributed by atoms with van der Waals surface area (Å²) in [7, 11) is 0. The molecule has 2 rings (SSSR count). The molecular formula is C27H38O2. The first-order chi connectivity index (χ1) is 14.2. The molecule has 0 fully saturated rings. The number of aliphatic hydroxyl groups excluding tert-OH is 1. The third kappa shape index (κ3) is 9.32. The number of unbranched alkanes of at least 4 members (excludes halogenated alkanes) is 6. The number of aliphatic hydroxyl groups is 1. The molecule has 0 aliphatic carbocycles. The van der Waals surface area contributed by atoms with E-state index < -0.39 is 6.29 Å². The molecule has 0 aliphatic heterocycles. The molecule has 29 heavy (non-hydrogen) atoms. The Hall–Kier alpha value is -2.06. The lowest BCUT2D eigenvalue weighted by Crippen LogP contribution is -2.10. The number of aryl methyl sites for hydroxylation is 1. The Labute approximate surface area is 177 Å². The molecule has 1 unspecified atom stereocenters. The first-order valence-corrected chi connectivity index (χ1v) is 11.4. The minimum absolute atomic E-state index is 0.627. The lowest BCUT2D eigenvalue weighted by molar-refractivity contribution is -0.0436. The van der Waals surface area contributed by atoms with Crippen LogP contribution in [0.2, 0.25) is 0 Å². The van der Waals surface area contributed by atoms with Gasteiger partial charge in [0.25, 0.3) is 0 Å². The van der Waals surface area contributed by atoms with Crippen LogP contribution in [0.5, 0.6) is 0 Å². The number of hydrogen-bond donors (Lipinski definition) is 1. The van der Waals surface area contributed by atoms with Gasteiger partial charge in [0, 0.05) is 12.0 Å². The summed E-state index contributed by atoms with van der Waals surface area (Å²) in [5.74, 6) is 0.714. The van der Waals surface area contributed by atoms with Crippen molar-refractivity contribution in [2.24, 2.45) is 0 Å². The van der Waals surface area contributed by atoms with Gasteiger partial charge >= 0.3 is 0 Å². The van der Waals surface area contributed by atoms with Crippen LogP contribution in [0.25, 0.3) is 11.8 Å². The maximum absolute atomic E-state index is 10.1. The van der Waals surface area contributed by atoms with Gasteiger partial charge in [-0.3, -0.25) is 0 Å². The van der Waals surface area contributed by atoms with E-state index in [2.05, 4.69) is 31.2 Å². The molecule has 0 aliphatic rings. The highest BCUT2D eigenvalue weighted by molar-refractivity contribution is 5.77. The van der Waals surface area contributed by atoms with Crippen LogP contribution in [0.1, 0.15) is 88.3 Å². The van der Waals surface area contributed by atoms with Crippen LogP contribution in [0, 0.1) is 0 Å². The number of rotatable bonds is 14. The standard InChI is InChI=1S/C27H38O2/c1-3-5-6-7-8-9-11-15-23-18-20-24(21-19-23)22-26(29-27(28)14-4-2)25-16-12-10-13-17-25/h10,12-13,16-22,27-28H,3-9,11,14-15H2,1-2H3/b26-22-. The Morgan fingerprint density at radius 2 is 1.48 bits per heavy atom. The summed E-state index contributed by atoms with van der Waals surface area (Å²) in [5.41, 5.74) is 3.47. The lowest BCUT2D eigenvalue weighted by atomic mass is 10.0. The fourth-order valence-corrected chi connectivity index (χ4v) is 3.46. The van der Waals surface area contributed by atoms with E-state index in [1.807, 2.05) is 43.3 Å². The molecule has 158 valence electrons. The fraction of sp³-hybridized carbons (Fsp3) is 0.481. The molecule has 2 aromatic carbocycles. The van der Waals surface area contributed by atoms with Crippen LogP contribution >= 0.6 is 0 Å². The van der Waals surface area contributed by atoms with Gasteiger partial charge in [0.05, 0.1) is 0 Å². The van der Waals surface area contributed by atoms with Crippen molar-refractivity contribution in [3.05, 3.63) is 71.3 Å².